The molecule has 3 aromatic heterocycles. The highest BCUT2D eigenvalue weighted by atomic mass is 16.2. The molecule has 0 aliphatic carbocycles. The molecule has 8 heteroatoms. The molecule has 1 atom stereocenters. The Morgan fingerprint density at radius 1 is 1.03 bits per heavy atom. The molecule has 0 saturated heterocycles. The summed E-state index contributed by atoms with van der Waals surface area (Å²) < 4.78 is 1.77. The van der Waals surface area contributed by atoms with Gasteiger partial charge in [0.15, 0.2) is 5.78 Å². The van der Waals surface area contributed by atoms with Crippen LogP contribution in [0, 0.1) is 6.92 Å². The number of hydrogen-bond donors (Lipinski definition) is 2. The Bertz CT molecular complexity index is 1220. The summed E-state index contributed by atoms with van der Waals surface area (Å²) in [5, 5.41) is 10.6. The molecule has 0 fully saturated rings. The average Bonchev–Trinajstić information content (AvgIpc) is 3.16. The van der Waals surface area contributed by atoms with Crippen molar-refractivity contribution in [3.8, 4) is 5.69 Å². The molecule has 2 N–H and O–H groups in total. The van der Waals surface area contributed by atoms with Crippen LogP contribution in [0.4, 0.5) is 10.6 Å². The number of benzene rings is 1. The number of pyridine rings is 2. The third kappa shape index (κ3) is 4.02. The summed E-state index contributed by atoms with van der Waals surface area (Å²) >= 11 is 0. The van der Waals surface area contributed by atoms with Crippen molar-refractivity contribution in [1.82, 2.24) is 25.1 Å². The molecule has 0 aliphatic rings. The van der Waals surface area contributed by atoms with Crippen LogP contribution in [0.2, 0.25) is 0 Å². The second-order valence-electron chi connectivity index (χ2n) is 6.89. The van der Waals surface area contributed by atoms with Crippen molar-refractivity contribution in [2.45, 2.75) is 19.9 Å². The van der Waals surface area contributed by atoms with Crippen molar-refractivity contribution >= 4 is 28.5 Å². The molecule has 0 spiro atoms. The van der Waals surface area contributed by atoms with Gasteiger partial charge in [-0.1, -0.05) is 30.3 Å². The van der Waals surface area contributed by atoms with Gasteiger partial charge in [0.25, 0.3) is 0 Å². The summed E-state index contributed by atoms with van der Waals surface area (Å²) in [4.78, 5) is 33.0. The maximum absolute atomic E-state index is 12.5. The third-order valence-electron chi connectivity index (χ3n) is 4.64. The number of nitrogens with one attached hydrogen (secondary N) is 2. The zero-order valence-corrected chi connectivity index (χ0v) is 16.5. The first-order chi connectivity index (χ1) is 14.5. The van der Waals surface area contributed by atoms with Crippen LogP contribution in [0.3, 0.4) is 0 Å². The van der Waals surface area contributed by atoms with Crippen LogP contribution in [0.15, 0.2) is 67.1 Å². The van der Waals surface area contributed by atoms with Crippen LogP contribution < -0.4 is 10.6 Å². The molecule has 4 aromatic rings. The quantitative estimate of drug-likeness (QED) is 0.533. The minimum absolute atomic E-state index is 0.159. The van der Waals surface area contributed by atoms with Crippen LogP contribution in [0.5, 0.6) is 0 Å². The van der Waals surface area contributed by atoms with E-state index in [4.69, 9.17) is 0 Å². The minimum atomic E-state index is -0.729. The van der Waals surface area contributed by atoms with Crippen molar-refractivity contribution in [2.24, 2.45) is 0 Å². The van der Waals surface area contributed by atoms with Gasteiger partial charge in [-0.2, -0.15) is 5.10 Å². The monoisotopic (exact) mass is 400 g/mol. The molecule has 8 nitrogen and oxygen atoms in total. The summed E-state index contributed by atoms with van der Waals surface area (Å²) in [7, 11) is 0. The first-order valence-electron chi connectivity index (χ1n) is 9.41. The first kappa shape index (κ1) is 19.3. The number of rotatable bonds is 5. The molecular formula is C22H20N6O2. The lowest BCUT2D eigenvalue weighted by molar-refractivity contribution is -0.118. The van der Waals surface area contributed by atoms with E-state index in [1.807, 2.05) is 37.3 Å². The van der Waals surface area contributed by atoms with E-state index >= 15 is 0 Å². The van der Waals surface area contributed by atoms with Gasteiger partial charge in [0.05, 0.1) is 23.6 Å². The zero-order chi connectivity index (χ0) is 21.1. The molecular weight excluding hydrogens is 380 g/mol. The molecule has 1 aromatic carbocycles. The van der Waals surface area contributed by atoms with E-state index in [2.05, 4.69) is 25.7 Å². The molecule has 150 valence electrons. The minimum Gasteiger partial charge on any atom is -0.324 e. The van der Waals surface area contributed by atoms with Crippen LogP contribution >= 0.6 is 0 Å². The first-order valence-corrected chi connectivity index (χ1v) is 9.41. The van der Waals surface area contributed by atoms with E-state index in [9.17, 15) is 9.59 Å². The highest BCUT2D eigenvalue weighted by Crippen LogP contribution is 2.20. The van der Waals surface area contributed by atoms with Crippen molar-refractivity contribution in [3.63, 3.8) is 0 Å². The number of carbonyl (C=O) groups is 2. The Labute approximate surface area is 173 Å². The SMILES string of the molecule is CC(=O)[C@@H](NC(=O)Nc1cc2cnn(-c3ccnc(C)c3)c2cn1)c1ccccc1. The second-order valence-corrected chi connectivity index (χ2v) is 6.89. The lowest BCUT2D eigenvalue weighted by Gasteiger charge is -2.16. The largest absolute Gasteiger partial charge is 0.324 e. The predicted molar refractivity (Wildman–Crippen MR) is 113 cm³/mol. The van der Waals surface area contributed by atoms with Crippen molar-refractivity contribution in [1.29, 1.82) is 0 Å². The van der Waals surface area contributed by atoms with E-state index in [1.54, 1.807) is 41.5 Å². The highest BCUT2D eigenvalue weighted by molar-refractivity contribution is 5.95. The average molecular weight is 400 g/mol. The van der Waals surface area contributed by atoms with Crippen LogP contribution in [-0.4, -0.2) is 31.6 Å². The van der Waals surface area contributed by atoms with Gasteiger partial charge >= 0.3 is 6.03 Å². The Balaban J connectivity index is 1.53. The lowest BCUT2D eigenvalue weighted by atomic mass is 10.0. The van der Waals surface area contributed by atoms with E-state index in [-0.39, 0.29) is 5.78 Å². The number of anilines is 1. The normalized spacial score (nSPS) is 11.8. The van der Waals surface area contributed by atoms with E-state index in [1.165, 1.54) is 6.92 Å². The van der Waals surface area contributed by atoms with E-state index in [0.717, 1.165) is 27.8 Å². The smallest absolute Gasteiger partial charge is 0.321 e. The van der Waals surface area contributed by atoms with Crippen LogP contribution in [0.25, 0.3) is 16.6 Å². The number of Topliss-reactive ketones (excluding diaryl/α,β-unsaturated/α-hetero) is 1. The fraction of sp³-hybridized carbons (Fsp3) is 0.136. The van der Waals surface area contributed by atoms with Crippen LogP contribution in [0.1, 0.15) is 24.2 Å². The zero-order valence-electron chi connectivity index (χ0n) is 16.5. The van der Waals surface area contributed by atoms with Gasteiger partial charge in [-0.25, -0.2) is 14.5 Å². The maximum Gasteiger partial charge on any atom is 0.321 e. The summed E-state index contributed by atoms with van der Waals surface area (Å²) in [5.74, 6) is 0.203. The summed E-state index contributed by atoms with van der Waals surface area (Å²) in [6.45, 7) is 3.36. The number of carbonyl (C=O) groups excluding carboxylic acids is 2. The molecule has 0 saturated carbocycles. The number of ketones is 1. The highest BCUT2D eigenvalue weighted by Gasteiger charge is 2.19. The van der Waals surface area contributed by atoms with Gasteiger partial charge in [0.2, 0.25) is 0 Å². The van der Waals surface area contributed by atoms with Gasteiger partial charge in [0.1, 0.15) is 11.9 Å². The number of nitrogens with zero attached hydrogens (tertiary/aromatic N) is 4. The number of hydrogen-bond acceptors (Lipinski definition) is 5. The second kappa shape index (κ2) is 8.12. The number of urea groups is 1. The standard InChI is InChI=1S/C22H20N6O2/c1-14-10-18(8-9-23-14)28-19-13-24-20(11-17(19)12-25-28)26-22(30)27-21(15(2)29)16-6-4-3-5-7-16/h3-13,21H,1-2H3,(H2,24,26,27,30)/t21-/m1/s1. The summed E-state index contributed by atoms with van der Waals surface area (Å²) in [6, 6.07) is 13.4. The Kier molecular flexibility index (Phi) is 5.21. The molecule has 2 amide bonds. The fourth-order valence-corrected chi connectivity index (χ4v) is 3.21. The number of aromatic nitrogens is 4. The van der Waals surface area contributed by atoms with Crippen molar-refractivity contribution in [3.05, 3.63) is 78.4 Å². The van der Waals surface area contributed by atoms with E-state index in [0.29, 0.717) is 5.82 Å². The van der Waals surface area contributed by atoms with Crippen LogP contribution in [-0.2, 0) is 4.79 Å². The Morgan fingerprint density at radius 3 is 2.57 bits per heavy atom. The van der Waals surface area contributed by atoms with Gasteiger partial charge in [-0.05, 0) is 37.6 Å². The predicted octanol–water partition coefficient (Wildman–Crippen LogP) is 3.58. The molecule has 0 unspecified atom stereocenters. The van der Waals surface area contributed by atoms with Gasteiger partial charge in [0, 0.05) is 17.3 Å². The molecule has 3 heterocycles. The number of amides is 2. The van der Waals surface area contributed by atoms with E-state index < -0.39 is 12.1 Å². The Hall–Kier alpha value is -4.07. The topological polar surface area (TPSA) is 102 Å². The van der Waals surface area contributed by atoms with Gasteiger partial charge < -0.3 is 5.32 Å². The fourth-order valence-electron chi connectivity index (χ4n) is 3.21. The molecule has 0 aliphatic heterocycles. The third-order valence-corrected chi connectivity index (χ3v) is 4.64. The molecule has 0 radical (unpaired) electrons. The lowest BCUT2D eigenvalue weighted by Crippen LogP contribution is -2.36. The molecule has 0 bridgehead atoms. The number of aryl methyl sites for hydroxylation is 1. The summed E-state index contributed by atoms with van der Waals surface area (Å²) in [6.07, 6.45) is 5.08. The van der Waals surface area contributed by atoms with Crippen molar-refractivity contribution in [2.75, 3.05) is 5.32 Å². The van der Waals surface area contributed by atoms with Gasteiger partial charge in [-0.3, -0.25) is 15.1 Å². The molecule has 4 rings (SSSR count). The molecule has 30 heavy (non-hydrogen) atoms. The maximum atomic E-state index is 12.5. The Morgan fingerprint density at radius 2 is 1.83 bits per heavy atom. The van der Waals surface area contributed by atoms with Gasteiger partial charge in [-0.15, -0.1) is 0 Å². The van der Waals surface area contributed by atoms with Crippen molar-refractivity contribution < 1.29 is 9.59 Å². The summed E-state index contributed by atoms with van der Waals surface area (Å²) in [5.41, 5.74) is 3.29. The number of fused-ring (bicyclic) bond motifs is 1.